The predicted octanol–water partition coefficient (Wildman–Crippen LogP) is 0.631. The zero-order chi connectivity index (χ0) is 15.5. The molecule has 20 heavy (non-hydrogen) atoms. The summed E-state index contributed by atoms with van der Waals surface area (Å²) in [5.74, 6) is -1.63. The summed E-state index contributed by atoms with van der Waals surface area (Å²) in [5.41, 5.74) is 3.94. The summed E-state index contributed by atoms with van der Waals surface area (Å²) in [6, 6.07) is -0.668. The van der Waals surface area contributed by atoms with Gasteiger partial charge in [-0.25, -0.2) is 9.59 Å². The van der Waals surface area contributed by atoms with E-state index in [0.717, 1.165) is 12.8 Å². The van der Waals surface area contributed by atoms with Gasteiger partial charge in [-0.1, -0.05) is 0 Å². The van der Waals surface area contributed by atoms with Crippen LogP contribution >= 0.6 is 0 Å². The van der Waals surface area contributed by atoms with E-state index in [0.29, 0.717) is 13.0 Å². The topological polar surface area (TPSA) is 104 Å². The smallest absolute Gasteiger partial charge is 0.329 e. The first-order valence-electron chi connectivity index (χ1n) is 6.80. The number of carboxylic acids is 1. The monoisotopic (exact) mass is 285 g/mol. The van der Waals surface area contributed by atoms with Crippen LogP contribution in [0.5, 0.6) is 0 Å². The predicted molar refractivity (Wildman–Crippen MR) is 73.0 cm³/mol. The Morgan fingerprint density at radius 3 is 2.40 bits per heavy atom. The third-order valence-corrected chi connectivity index (χ3v) is 3.78. The first-order valence-corrected chi connectivity index (χ1v) is 6.80. The van der Waals surface area contributed by atoms with E-state index in [9.17, 15) is 19.5 Å². The van der Waals surface area contributed by atoms with E-state index in [2.05, 4.69) is 0 Å². The molecule has 0 aromatic rings. The van der Waals surface area contributed by atoms with Crippen molar-refractivity contribution in [3.8, 4) is 0 Å². The van der Waals surface area contributed by atoms with Crippen molar-refractivity contribution in [1.82, 2.24) is 9.80 Å². The van der Waals surface area contributed by atoms with Crippen LogP contribution in [0.4, 0.5) is 4.79 Å². The van der Waals surface area contributed by atoms with E-state index >= 15 is 0 Å². The fourth-order valence-electron chi connectivity index (χ4n) is 2.44. The molecule has 1 heterocycles. The number of carbonyl (C=O) groups is 3. The van der Waals surface area contributed by atoms with Gasteiger partial charge in [-0.3, -0.25) is 4.79 Å². The van der Waals surface area contributed by atoms with E-state index in [-0.39, 0.29) is 12.6 Å². The number of likely N-dealkylation sites (tertiary alicyclic amines) is 1. The van der Waals surface area contributed by atoms with Gasteiger partial charge < -0.3 is 20.6 Å². The Morgan fingerprint density at radius 1 is 1.35 bits per heavy atom. The van der Waals surface area contributed by atoms with E-state index in [1.54, 1.807) is 20.8 Å². The molecule has 7 heteroatoms. The fourth-order valence-corrected chi connectivity index (χ4v) is 2.44. The Balaban J connectivity index is 3.01. The van der Waals surface area contributed by atoms with E-state index < -0.39 is 23.4 Å². The number of carbonyl (C=O) groups excluding carboxylic acids is 2. The molecule has 1 saturated heterocycles. The molecule has 0 saturated carbocycles. The maximum atomic E-state index is 12.6. The van der Waals surface area contributed by atoms with Gasteiger partial charge >= 0.3 is 12.0 Å². The minimum absolute atomic E-state index is 0.206. The molecule has 1 unspecified atom stereocenters. The maximum Gasteiger partial charge on any atom is 0.329 e. The van der Waals surface area contributed by atoms with Crippen LogP contribution in [0.3, 0.4) is 0 Å². The Bertz CT molecular complexity index is 410. The van der Waals surface area contributed by atoms with E-state index in [1.807, 2.05) is 0 Å². The standard InChI is InChI=1S/C13H23N3O4/c1-9(2)15(8-10(14)17)12(20)16-7-5-4-6-13(16,3)11(18)19/h9H,4-8H2,1-3H3,(H2,14,17)(H,18,19). The molecule has 0 radical (unpaired) electrons. The second-order valence-corrected chi connectivity index (χ2v) is 5.66. The van der Waals surface area contributed by atoms with Crippen LogP contribution in [-0.2, 0) is 9.59 Å². The molecule has 3 N–H and O–H groups in total. The number of hydrogen-bond acceptors (Lipinski definition) is 3. The van der Waals surface area contributed by atoms with Crippen molar-refractivity contribution in [3.05, 3.63) is 0 Å². The number of nitrogens with zero attached hydrogens (tertiary/aromatic N) is 2. The van der Waals surface area contributed by atoms with Crippen molar-refractivity contribution in [2.24, 2.45) is 5.73 Å². The van der Waals surface area contributed by atoms with E-state index in [1.165, 1.54) is 9.80 Å². The van der Waals surface area contributed by atoms with Gasteiger partial charge in [0.15, 0.2) is 0 Å². The lowest BCUT2D eigenvalue weighted by atomic mass is 9.88. The van der Waals surface area contributed by atoms with Crippen LogP contribution in [0.1, 0.15) is 40.0 Å². The average Bonchev–Trinajstić information content (AvgIpc) is 2.35. The molecule has 0 aromatic heterocycles. The van der Waals surface area contributed by atoms with Gasteiger partial charge in [0.25, 0.3) is 0 Å². The van der Waals surface area contributed by atoms with Crippen molar-refractivity contribution >= 4 is 17.9 Å². The molecule has 3 amide bonds. The minimum atomic E-state index is -1.22. The summed E-state index contributed by atoms with van der Waals surface area (Å²) in [7, 11) is 0. The van der Waals surface area contributed by atoms with Gasteiger partial charge in [-0.2, -0.15) is 0 Å². The highest BCUT2D eigenvalue weighted by atomic mass is 16.4. The molecule has 0 spiro atoms. The van der Waals surface area contributed by atoms with Gasteiger partial charge in [0.2, 0.25) is 5.91 Å². The van der Waals surface area contributed by atoms with Crippen molar-refractivity contribution in [2.75, 3.05) is 13.1 Å². The second kappa shape index (κ2) is 6.11. The minimum Gasteiger partial charge on any atom is -0.480 e. The van der Waals surface area contributed by atoms with Gasteiger partial charge in [0, 0.05) is 12.6 Å². The van der Waals surface area contributed by atoms with Crippen LogP contribution in [0.25, 0.3) is 0 Å². The third-order valence-electron chi connectivity index (χ3n) is 3.78. The SMILES string of the molecule is CC(C)N(CC(N)=O)C(=O)N1CCCCC1(C)C(=O)O. The Morgan fingerprint density at radius 2 is 1.95 bits per heavy atom. The molecular weight excluding hydrogens is 262 g/mol. The largest absolute Gasteiger partial charge is 0.480 e. The molecule has 1 aliphatic rings. The Kier molecular flexibility index (Phi) is 4.97. The number of carboxylic acid groups (broad SMARTS) is 1. The molecule has 0 bridgehead atoms. The summed E-state index contributed by atoms with van der Waals surface area (Å²) in [6.07, 6.45) is 1.94. The summed E-state index contributed by atoms with van der Waals surface area (Å²) in [4.78, 5) is 37.8. The van der Waals surface area contributed by atoms with Crippen LogP contribution in [-0.4, -0.2) is 57.5 Å². The molecule has 1 rings (SSSR count). The molecule has 114 valence electrons. The number of primary amides is 1. The molecule has 0 aliphatic carbocycles. The van der Waals surface area contributed by atoms with Gasteiger partial charge in [-0.05, 0) is 40.0 Å². The third kappa shape index (κ3) is 3.20. The molecule has 0 aromatic carbocycles. The van der Waals surface area contributed by atoms with Gasteiger partial charge in [-0.15, -0.1) is 0 Å². The molecule has 1 atom stereocenters. The second-order valence-electron chi connectivity index (χ2n) is 5.66. The highest BCUT2D eigenvalue weighted by Crippen LogP contribution is 2.29. The lowest BCUT2D eigenvalue weighted by Gasteiger charge is -2.44. The Labute approximate surface area is 118 Å². The lowest BCUT2D eigenvalue weighted by Crippen LogP contribution is -2.62. The zero-order valence-corrected chi connectivity index (χ0v) is 12.3. The lowest BCUT2D eigenvalue weighted by molar-refractivity contribution is -0.150. The van der Waals surface area contributed by atoms with E-state index in [4.69, 9.17) is 5.73 Å². The fraction of sp³-hybridized carbons (Fsp3) is 0.769. The first-order chi connectivity index (χ1) is 9.20. The molecule has 1 aliphatic heterocycles. The van der Waals surface area contributed by atoms with Crippen molar-refractivity contribution < 1.29 is 19.5 Å². The van der Waals surface area contributed by atoms with Gasteiger partial charge in [0.05, 0.1) is 0 Å². The molecule has 7 nitrogen and oxygen atoms in total. The number of amides is 3. The van der Waals surface area contributed by atoms with Crippen molar-refractivity contribution in [3.63, 3.8) is 0 Å². The number of nitrogens with two attached hydrogens (primary N) is 1. The number of rotatable bonds is 4. The highest BCUT2D eigenvalue weighted by molar-refractivity contribution is 5.88. The maximum absolute atomic E-state index is 12.6. The first kappa shape index (κ1) is 16.3. The quantitative estimate of drug-likeness (QED) is 0.790. The van der Waals surface area contributed by atoms with Crippen molar-refractivity contribution in [2.45, 2.75) is 51.6 Å². The normalized spacial score (nSPS) is 22.7. The zero-order valence-electron chi connectivity index (χ0n) is 12.3. The Hall–Kier alpha value is -1.79. The highest BCUT2D eigenvalue weighted by Gasteiger charge is 2.45. The van der Waals surface area contributed by atoms with Crippen molar-refractivity contribution in [1.29, 1.82) is 0 Å². The number of piperidine rings is 1. The summed E-state index contributed by atoms with van der Waals surface area (Å²) >= 11 is 0. The number of aliphatic carboxylic acids is 1. The molecular formula is C13H23N3O4. The average molecular weight is 285 g/mol. The van der Waals surface area contributed by atoms with Crippen LogP contribution in [0, 0.1) is 0 Å². The van der Waals surface area contributed by atoms with Crippen LogP contribution < -0.4 is 5.73 Å². The number of hydrogen-bond donors (Lipinski definition) is 2. The summed E-state index contributed by atoms with van der Waals surface area (Å²) in [6.45, 7) is 5.26. The van der Waals surface area contributed by atoms with Crippen LogP contribution in [0.2, 0.25) is 0 Å². The number of urea groups is 1. The molecule has 1 fully saturated rings. The van der Waals surface area contributed by atoms with Gasteiger partial charge in [0.1, 0.15) is 12.1 Å². The summed E-state index contributed by atoms with van der Waals surface area (Å²) in [5, 5.41) is 9.42. The summed E-state index contributed by atoms with van der Waals surface area (Å²) < 4.78 is 0. The van der Waals surface area contributed by atoms with Crippen LogP contribution in [0.15, 0.2) is 0 Å².